The van der Waals surface area contributed by atoms with Crippen molar-refractivity contribution in [3.05, 3.63) is 22.7 Å². The zero-order chi connectivity index (χ0) is 14.1. The summed E-state index contributed by atoms with van der Waals surface area (Å²) < 4.78 is 26.9. The monoisotopic (exact) mass is 334 g/mol. The molecule has 0 unspecified atom stereocenters. The van der Waals surface area contributed by atoms with Gasteiger partial charge in [-0.3, -0.25) is 0 Å². The number of hydrogen-bond acceptors (Lipinski definition) is 3. The van der Waals surface area contributed by atoms with Gasteiger partial charge in [-0.15, -0.1) is 0 Å². The molecule has 0 amide bonds. The summed E-state index contributed by atoms with van der Waals surface area (Å²) in [5.74, 6) is 0. The van der Waals surface area contributed by atoms with Gasteiger partial charge in [-0.25, -0.2) is 8.42 Å². The Balaban J connectivity index is 3.30. The summed E-state index contributed by atoms with van der Waals surface area (Å²) in [6.07, 6.45) is 0.731. The molecule has 0 heterocycles. The molecule has 1 aromatic rings. The topological polar surface area (TPSA) is 63.4 Å². The van der Waals surface area contributed by atoms with Crippen LogP contribution in [0.3, 0.4) is 0 Å². The smallest absolute Gasteiger partial charge is 0.244 e. The fourth-order valence-corrected chi connectivity index (χ4v) is 4.05. The highest BCUT2D eigenvalue weighted by molar-refractivity contribution is 9.10. The van der Waals surface area contributed by atoms with Crippen LogP contribution in [0.2, 0.25) is 0 Å². The van der Waals surface area contributed by atoms with Gasteiger partial charge in [0.15, 0.2) is 0 Å². The van der Waals surface area contributed by atoms with Gasteiger partial charge in [0, 0.05) is 22.7 Å². The maximum Gasteiger partial charge on any atom is 0.244 e. The molecule has 6 heteroatoms. The molecular weight excluding hydrogens is 316 g/mol. The molecule has 0 atom stereocenters. The third kappa shape index (κ3) is 2.87. The number of nitrogen functional groups attached to an aromatic ring is 1. The molecule has 2 N–H and O–H groups in total. The summed E-state index contributed by atoms with van der Waals surface area (Å²) in [5.41, 5.74) is 5.72. The van der Waals surface area contributed by atoms with Crippen LogP contribution in [0.4, 0.5) is 5.69 Å². The van der Waals surface area contributed by atoms with Gasteiger partial charge in [0.1, 0.15) is 0 Å². The largest absolute Gasteiger partial charge is 0.399 e. The third-order valence-corrected chi connectivity index (χ3v) is 6.36. The van der Waals surface area contributed by atoms with Gasteiger partial charge in [0.05, 0.1) is 4.90 Å². The number of benzene rings is 1. The summed E-state index contributed by atoms with van der Waals surface area (Å²) >= 11 is 3.25. The van der Waals surface area contributed by atoms with Crippen LogP contribution in [0, 0.1) is 0 Å². The molecule has 0 spiro atoms. The second-order valence-electron chi connectivity index (χ2n) is 4.83. The molecule has 4 nitrogen and oxygen atoms in total. The van der Waals surface area contributed by atoms with Gasteiger partial charge in [0.2, 0.25) is 10.0 Å². The Labute approximate surface area is 117 Å². The highest BCUT2D eigenvalue weighted by Crippen LogP contribution is 2.30. The molecule has 0 aliphatic heterocycles. The number of sulfonamides is 1. The molecule has 1 rings (SSSR count). The van der Waals surface area contributed by atoms with Gasteiger partial charge in [-0.1, -0.05) is 6.92 Å². The van der Waals surface area contributed by atoms with E-state index in [1.165, 1.54) is 10.4 Å². The number of nitrogens with zero attached hydrogens (tertiary/aromatic N) is 1. The molecule has 0 saturated heterocycles. The molecule has 102 valence electrons. The van der Waals surface area contributed by atoms with Gasteiger partial charge in [0.25, 0.3) is 0 Å². The number of nitrogens with two attached hydrogens (primary N) is 1. The van der Waals surface area contributed by atoms with Crippen LogP contribution in [-0.4, -0.2) is 25.3 Å². The van der Waals surface area contributed by atoms with Crippen molar-refractivity contribution in [2.24, 2.45) is 0 Å². The van der Waals surface area contributed by atoms with E-state index in [2.05, 4.69) is 15.9 Å². The van der Waals surface area contributed by atoms with E-state index in [1.807, 2.05) is 20.8 Å². The Kier molecular flexibility index (Phi) is 4.46. The second kappa shape index (κ2) is 5.19. The summed E-state index contributed by atoms with van der Waals surface area (Å²) in [5, 5.41) is 0. The first-order valence-corrected chi connectivity index (χ1v) is 7.90. The van der Waals surface area contributed by atoms with E-state index >= 15 is 0 Å². The average molecular weight is 335 g/mol. The maximum atomic E-state index is 12.5. The molecule has 1 aromatic carbocycles. The van der Waals surface area contributed by atoms with Crippen molar-refractivity contribution in [1.82, 2.24) is 4.31 Å². The van der Waals surface area contributed by atoms with E-state index in [0.29, 0.717) is 10.2 Å². The Morgan fingerprint density at radius 3 is 2.39 bits per heavy atom. The highest BCUT2D eigenvalue weighted by atomic mass is 79.9. The molecule has 0 fully saturated rings. The maximum absolute atomic E-state index is 12.5. The predicted octanol–water partition coefficient (Wildman–Crippen LogP) is 2.84. The quantitative estimate of drug-likeness (QED) is 0.861. The van der Waals surface area contributed by atoms with E-state index in [0.717, 1.165) is 6.42 Å². The van der Waals surface area contributed by atoms with Crippen LogP contribution in [0.25, 0.3) is 0 Å². The Morgan fingerprint density at radius 1 is 1.39 bits per heavy atom. The summed E-state index contributed by atoms with van der Waals surface area (Å²) in [4.78, 5) is 0.237. The second-order valence-corrected chi connectivity index (χ2v) is 7.62. The van der Waals surface area contributed by atoms with Crippen molar-refractivity contribution in [2.45, 2.75) is 37.6 Å². The minimum atomic E-state index is -3.53. The van der Waals surface area contributed by atoms with E-state index in [-0.39, 0.29) is 4.90 Å². The molecule has 0 saturated carbocycles. The number of anilines is 1. The van der Waals surface area contributed by atoms with Gasteiger partial charge in [-0.2, -0.15) is 4.31 Å². The van der Waals surface area contributed by atoms with Crippen molar-refractivity contribution in [1.29, 1.82) is 0 Å². The van der Waals surface area contributed by atoms with Crippen molar-refractivity contribution >= 4 is 31.6 Å². The Bertz CT molecular complexity index is 541. The van der Waals surface area contributed by atoms with Crippen LogP contribution in [0.5, 0.6) is 0 Å². The predicted molar refractivity (Wildman–Crippen MR) is 77.9 cm³/mol. The van der Waals surface area contributed by atoms with E-state index < -0.39 is 15.6 Å². The lowest BCUT2D eigenvalue weighted by atomic mass is 10.0. The van der Waals surface area contributed by atoms with Crippen LogP contribution in [0.15, 0.2) is 27.6 Å². The fraction of sp³-hybridized carbons (Fsp3) is 0.500. The van der Waals surface area contributed by atoms with Crippen molar-refractivity contribution in [3.8, 4) is 0 Å². The van der Waals surface area contributed by atoms with Gasteiger partial charge < -0.3 is 5.73 Å². The molecule has 0 aliphatic rings. The first kappa shape index (κ1) is 15.5. The number of hydrogen-bond donors (Lipinski definition) is 1. The Hall–Kier alpha value is -0.590. The molecule has 0 aliphatic carbocycles. The van der Waals surface area contributed by atoms with Crippen LogP contribution in [-0.2, 0) is 10.0 Å². The number of halogens is 1. The van der Waals surface area contributed by atoms with Crippen molar-refractivity contribution in [3.63, 3.8) is 0 Å². The van der Waals surface area contributed by atoms with E-state index in [9.17, 15) is 8.42 Å². The highest BCUT2D eigenvalue weighted by Gasteiger charge is 2.33. The lowest BCUT2D eigenvalue weighted by Crippen LogP contribution is -2.44. The average Bonchev–Trinajstić information content (AvgIpc) is 2.27. The first-order chi connectivity index (χ1) is 8.13. The zero-order valence-corrected chi connectivity index (χ0v) is 13.5. The van der Waals surface area contributed by atoms with Crippen molar-refractivity contribution in [2.75, 3.05) is 12.8 Å². The molecular formula is C12H19BrN2O2S. The van der Waals surface area contributed by atoms with Crippen LogP contribution >= 0.6 is 15.9 Å². The first-order valence-electron chi connectivity index (χ1n) is 5.67. The van der Waals surface area contributed by atoms with Gasteiger partial charge >= 0.3 is 0 Å². The standard InChI is InChI=1S/C12H19BrN2O2S/c1-5-12(2,3)15(4)18(16,17)11-7-6-9(14)8-10(11)13/h6-8H,5,14H2,1-4H3. The summed E-state index contributed by atoms with van der Waals surface area (Å²) in [6, 6.07) is 4.71. The molecule has 18 heavy (non-hydrogen) atoms. The lowest BCUT2D eigenvalue weighted by Gasteiger charge is -2.33. The summed E-state index contributed by atoms with van der Waals surface area (Å²) in [6.45, 7) is 5.76. The van der Waals surface area contributed by atoms with Crippen LogP contribution < -0.4 is 5.73 Å². The van der Waals surface area contributed by atoms with Crippen LogP contribution in [0.1, 0.15) is 27.2 Å². The third-order valence-electron chi connectivity index (χ3n) is 3.31. The Morgan fingerprint density at radius 2 is 1.94 bits per heavy atom. The SMILES string of the molecule is CCC(C)(C)N(C)S(=O)(=O)c1ccc(N)cc1Br. The molecule has 0 aromatic heterocycles. The summed E-state index contributed by atoms with van der Waals surface area (Å²) in [7, 11) is -1.93. The normalized spacial score (nSPS) is 13.0. The van der Waals surface area contributed by atoms with Gasteiger partial charge in [-0.05, 0) is 54.4 Å². The van der Waals surface area contributed by atoms with E-state index in [4.69, 9.17) is 5.73 Å². The fourth-order valence-electron chi connectivity index (χ4n) is 1.42. The van der Waals surface area contributed by atoms with Crippen molar-refractivity contribution < 1.29 is 8.42 Å². The zero-order valence-electron chi connectivity index (χ0n) is 11.1. The minimum Gasteiger partial charge on any atom is -0.399 e. The minimum absolute atomic E-state index is 0.237. The molecule has 0 bridgehead atoms. The molecule has 0 radical (unpaired) electrons. The number of rotatable bonds is 4. The lowest BCUT2D eigenvalue weighted by molar-refractivity contribution is 0.257. The van der Waals surface area contributed by atoms with E-state index in [1.54, 1.807) is 19.2 Å².